The van der Waals surface area contributed by atoms with Crippen molar-refractivity contribution < 1.29 is 4.79 Å². The minimum atomic E-state index is -0.562. The smallest absolute Gasteiger partial charge is 0.250 e. The van der Waals surface area contributed by atoms with E-state index in [1.807, 2.05) is 16.8 Å². The summed E-state index contributed by atoms with van der Waals surface area (Å²) in [6.07, 6.45) is 1.41. The van der Waals surface area contributed by atoms with E-state index in [0.29, 0.717) is 5.82 Å². The Morgan fingerprint density at radius 2 is 2.31 bits per heavy atom. The maximum atomic E-state index is 11.1. The molecule has 0 spiro atoms. The molecule has 0 aromatic carbocycles. The minimum Gasteiger partial charge on any atom is -0.397 e. The van der Waals surface area contributed by atoms with Crippen LogP contribution in [-0.4, -0.2) is 10.9 Å². The molecule has 0 saturated heterocycles. The van der Waals surface area contributed by atoms with Gasteiger partial charge in [0.2, 0.25) is 0 Å². The van der Waals surface area contributed by atoms with Gasteiger partial charge in [0, 0.05) is 5.38 Å². The minimum absolute atomic E-state index is 0.271. The van der Waals surface area contributed by atoms with Gasteiger partial charge in [-0.25, -0.2) is 4.98 Å². The van der Waals surface area contributed by atoms with Crippen LogP contribution in [0.2, 0.25) is 0 Å². The number of nitrogens with zero attached hydrogens (tertiary/aromatic N) is 1. The van der Waals surface area contributed by atoms with Crippen molar-refractivity contribution in [3.63, 3.8) is 0 Å². The van der Waals surface area contributed by atoms with E-state index in [9.17, 15) is 4.79 Å². The number of hydrogen-bond donors (Lipinski definition) is 3. The van der Waals surface area contributed by atoms with Crippen LogP contribution in [0.5, 0.6) is 0 Å². The number of nitrogens with two attached hydrogens (primary N) is 2. The molecule has 0 aliphatic heterocycles. The lowest BCUT2D eigenvalue weighted by Gasteiger charge is -2.06. The lowest BCUT2D eigenvalue weighted by Crippen LogP contribution is -2.14. The van der Waals surface area contributed by atoms with Crippen molar-refractivity contribution in [2.45, 2.75) is 0 Å². The summed E-state index contributed by atoms with van der Waals surface area (Å²) in [4.78, 5) is 15.1. The van der Waals surface area contributed by atoms with Gasteiger partial charge in [0.25, 0.3) is 5.91 Å². The van der Waals surface area contributed by atoms with Crippen LogP contribution in [0.1, 0.15) is 10.4 Å². The Balaban J connectivity index is 2.29. The number of pyridine rings is 1. The van der Waals surface area contributed by atoms with Crippen molar-refractivity contribution in [1.29, 1.82) is 0 Å². The van der Waals surface area contributed by atoms with E-state index in [1.54, 1.807) is 11.3 Å². The standard InChI is InChI=1S/C10H10N4OS/c11-8-4-13-9(3-7(8)10(12)15)14-6-1-2-16-5-6/h1-5H,11H2,(H2,12,15)(H,13,14). The first-order chi connectivity index (χ1) is 7.66. The van der Waals surface area contributed by atoms with Crippen LogP contribution >= 0.6 is 11.3 Å². The van der Waals surface area contributed by atoms with Gasteiger partial charge in [-0.3, -0.25) is 4.79 Å². The molecule has 0 aliphatic carbocycles. The van der Waals surface area contributed by atoms with Gasteiger partial charge in [-0.1, -0.05) is 0 Å². The maximum Gasteiger partial charge on any atom is 0.250 e. The number of primary amides is 1. The molecule has 0 unspecified atom stereocenters. The molecule has 0 radical (unpaired) electrons. The van der Waals surface area contributed by atoms with Gasteiger partial charge in [0.15, 0.2) is 0 Å². The molecule has 2 heterocycles. The van der Waals surface area contributed by atoms with Crippen LogP contribution in [-0.2, 0) is 0 Å². The molecule has 1 amide bonds. The van der Waals surface area contributed by atoms with Crippen LogP contribution < -0.4 is 16.8 Å². The third kappa shape index (κ3) is 2.12. The molecule has 5 N–H and O–H groups in total. The summed E-state index contributed by atoms with van der Waals surface area (Å²) in [5.41, 5.74) is 12.2. The van der Waals surface area contributed by atoms with Crippen molar-refractivity contribution in [3.8, 4) is 0 Å². The molecule has 0 aliphatic rings. The second-order valence-corrected chi connectivity index (χ2v) is 3.94. The fraction of sp³-hybridized carbons (Fsp3) is 0. The topological polar surface area (TPSA) is 94.0 Å². The average molecular weight is 234 g/mol. The normalized spacial score (nSPS) is 10.0. The molecule has 0 atom stereocenters. The monoisotopic (exact) mass is 234 g/mol. The Bertz CT molecular complexity index is 510. The molecule has 16 heavy (non-hydrogen) atoms. The number of amides is 1. The van der Waals surface area contributed by atoms with E-state index in [1.165, 1.54) is 12.3 Å². The van der Waals surface area contributed by atoms with Crippen molar-refractivity contribution in [1.82, 2.24) is 4.98 Å². The largest absolute Gasteiger partial charge is 0.397 e. The molecule has 2 aromatic heterocycles. The zero-order valence-corrected chi connectivity index (χ0v) is 9.12. The van der Waals surface area contributed by atoms with Crippen molar-refractivity contribution in [2.75, 3.05) is 11.1 Å². The van der Waals surface area contributed by atoms with Gasteiger partial charge in [0.1, 0.15) is 5.82 Å². The fourth-order valence-electron chi connectivity index (χ4n) is 1.23. The molecular formula is C10H10N4OS. The molecule has 5 nitrogen and oxygen atoms in total. The van der Waals surface area contributed by atoms with E-state index in [4.69, 9.17) is 11.5 Å². The lowest BCUT2D eigenvalue weighted by molar-refractivity contribution is 0.100. The summed E-state index contributed by atoms with van der Waals surface area (Å²) >= 11 is 1.57. The van der Waals surface area contributed by atoms with Crippen LogP contribution in [0, 0.1) is 0 Å². The zero-order chi connectivity index (χ0) is 11.5. The maximum absolute atomic E-state index is 11.1. The highest BCUT2D eigenvalue weighted by atomic mass is 32.1. The highest BCUT2D eigenvalue weighted by Gasteiger charge is 2.07. The average Bonchev–Trinajstić information content (AvgIpc) is 2.73. The molecule has 2 aromatic rings. The van der Waals surface area contributed by atoms with Gasteiger partial charge in [-0.05, 0) is 17.5 Å². The highest BCUT2D eigenvalue weighted by molar-refractivity contribution is 7.08. The molecule has 0 fully saturated rings. The van der Waals surface area contributed by atoms with E-state index < -0.39 is 5.91 Å². The summed E-state index contributed by atoms with van der Waals surface area (Å²) in [5.74, 6) is -0.0188. The van der Waals surface area contributed by atoms with Gasteiger partial charge >= 0.3 is 0 Å². The van der Waals surface area contributed by atoms with Crippen molar-refractivity contribution >= 4 is 34.4 Å². The first-order valence-electron chi connectivity index (χ1n) is 4.51. The first kappa shape index (κ1) is 10.4. The summed E-state index contributed by atoms with van der Waals surface area (Å²) in [5, 5.41) is 6.91. The third-order valence-electron chi connectivity index (χ3n) is 1.99. The summed E-state index contributed by atoms with van der Waals surface area (Å²) in [6.45, 7) is 0. The highest BCUT2D eigenvalue weighted by Crippen LogP contribution is 2.20. The lowest BCUT2D eigenvalue weighted by atomic mass is 10.2. The van der Waals surface area contributed by atoms with Gasteiger partial charge < -0.3 is 16.8 Å². The molecule has 82 valence electrons. The van der Waals surface area contributed by atoms with Crippen LogP contribution in [0.25, 0.3) is 0 Å². The summed E-state index contributed by atoms with van der Waals surface area (Å²) in [7, 11) is 0. The zero-order valence-electron chi connectivity index (χ0n) is 8.31. The number of anilines is 3. The number of hydrogen-bond acceptors (Lipinski definition) is 5. The van der Waals surface area contributed by atoms with Crippen LogP contribution in [0.15, 0.2) is 29.1 Å². The number of nitrogen functional groups attached to an aromatic ring is 1. The molecule has 0 saturated carbocycles. The van der Waals surface area contributed by atoms with E-state index in [0.717, 1.165) is 5.69 Å². The van der Waals surface area contributed by atoms with Crippen molar-refractivity contribution in [2.24, 2.45) is 5.73 Å². The van der Waals surface area contributed by atoms with Gasteiger partial charge in [-0.15, -0.1) is 0 Å². The Hall–Kier alpha value is -2.08. The van der Waals surface area contributed by atoms with E-state index in [2.05, 4.69) is 10.3 Å². The fourth-order valence-corrected chi connectivity index (χ4v) is 1.82. The first-order valence-corrected chi connectivity index (χ1v) is 5.45. The number of thiophene rings is 1. The predicted octanol–water partition coefficient (Wildman–Crippen LogP) is 1.57. The second kappa shape index (κ2) is 4.19. The Morgan fingerprint density at radius 3 is 2.94 bits per heavy atom. The van der Waals surface area contributed by atoms with Crippen LogP contribution in [0.4, 0.5) is 17.2 Å². The number of rotatable bonds is 3. The van der Waals surface area contributed by atoms with E-state index >= 15 is 0 Å². The number of aromatic nitrogens is 1. The molecule has 0 bridgehead atoms. The number of nitrogens with one attached hydrogen (secondary N) is 1. The summed E-state index contributed by atoms with van der Waals surface area (Å²) in [6, 6.07) is 3.45. The SMILES string of the molecule is NC(=O)c1cc(Nc2ccsc2)ncc1N. The number of carbonyl (C=O) groups is 1. The third-order valence-corrected chi connectivity index (χ3v) is 2.68. The van der Waals surface area contributed by atoms with Gasteiger partial charge in [0.05, 0.1) is 23.1 Å². The summed E-state index contributed by atoms with van der Waals surface area (Å²) < 4.78 is 0. The van der Waals surface area contributed by atoms with E-state index in [-0.39, 0.29) is 11.3 Å². The van der Waals surface area contributed by atoms with Crippen molar-refractivity contribution in [3.05, 3.63) is 34.7 Å². The Morgan fingerprint density at radius 1 is 1.50 bits per heavy atom. The van der Waals surface area contributed by atoms with Crippen LogP contribution in [0.3, 0.4) is 0 Å². The quantitative estimate of drug-likeness (QED) is 0.751. The second-order valence-electron chi connectivity index (χ2n) is 3.16. The van der Waals surface area contributed by atoms with Gasteiger partial charge in [-0.2, -0.15) is 11.3 Å². The Kier molecular flexibility index (Phi) is 2.74. The number of carbonyl (C=O) groups excluding carboxylic acids is 1. The molecule has 2 rings (SSSR count). The molecule has 6 heteroatoms. The molecular weight excluding hydrogens is 224 g/mol. The Labute approximate surface area is 96.1 Å². The predicted molar refractivity (Wildman–Crippen MR) is 64.8 cm³/mol.